The van der Waals surface area contributed by atoms with E-state index in [1.165, 1.54) is 19.1 Å². The van der Waals surface area contributed by atoms with Crippen LogP contribution in [0.25, 0.3) is 5.57 Å². The van der Waals surface area contributed by atoms with E-state index in [4.69, 9.17) is 4.42 Å². The van der Waals surface area contributed by atoms with Crippen molar-refractivity contribution in [2.75, 3.05) is 0 Å². The molecule has 0 amide bonds. The summed E-state index contributed by atoms with van der Waals surface area (Å²) in [5, 5.41) is 9.75. The van der Waals surface area contributed by atoms with Gasteiger partial charge in [-0.2, -0.15) is 0 Å². The van der Waals surface area contributed by atoms with Crippen molar-refractivity contribution in [2.45, 2.75) is 13.3 Å². The maximum Gasteiger partial charge on any atom is 0.573 e. The van der Waals surface area contributed by atoms with Crippen LogP contribution in [0.15, 0.2) is 46.1 Å². The molecule has 1 N–H and O–H groups in total. The Hall–Kier alpha value is -3.03. The zero-order valence-corrected chi connectivity index (χ0v) is 12.3. The van der Waals surface area contributed by atoms with E-state index in [1.807, 2.05) is 0 Å². The number of aromatic hydroxyl groups is 1. The van der Waals surface area contributed by atoms with Crippen LogP contribution in [0.3, 0.4) is 0 Å². The molecule has 0 spiro atoms. The molecule has 0 atom stereocenters. The number of hydrogen-bond acceptors (Lipinski definition) is 5. The molecule has 1 aromatic carbocycles. The molecule has 0 bridgehead atoms. The molecule has 24 heavy (non-hydrogen) atoms. The number of Topliss-reactive ketones (excluding diaryl/α,β-unsaturated/α-hetero) is 1. The summed E-state index contributed by atoms with van der Waals surface area (Å²) in [5.74, 6) is -2.02. The second-order valence-corrected chi connectivity index (χ2v) is 4.79. The summed E-state index contributed by atoms with van der Waals surface area (Å²) in [6.45, 7) is 4.87. The predicted octanol–water partition coefficient (Wildman–Crippen LogP) is 3.45. The van der Waals surface area contributed by atoms with Crippen LogP contribution < -0.4 is 10.4 Å². The Morgan fingerprint density at radius 2 is 1.96 bits per heavy atom. The largest absolute Gasteiger partial charge is 0.573 e. The van der Waals surface area contributed by atoms with Crippen LogP contribution in [0.4, 0.5) is 13.2 Å². The molecule has 0 saturated carbocycles. The van der Waals surface area contributed by atoms with Crippen LogP contribution in [0.2, 0.25) is 0 Å². The third-order valence-electron chi connectivity index (χ3n) is 2.97. The minimum atomic E-state index is -4.89. The van der Waals surface area contributed by atoms with Crippen LogP contribution >= 0.6 is 0 Å². The van der Waals surface area contributed by atoms with Crippen molar-refractivity contribution in [1.82, 2.24) is 0 Å². The number of alkyl halides is 3. The summed E-state index contributed by atoms with van der Waals surface area (Å²) in [4.78, 5) is 24.0. The summed E-state index contributed by atoms with van der Waals surface area (Å²) < 4.78 is 45.2. The van der Waals surface area contributed by atoms with Gasteiger partial charge in [-0.1, -0.05) is 18.7 Å². The average molecular weight is 340 g/mol. The minimum absolute atomic E-state index is 0.00104. The molecule has 0 aliphatic heterocycles. The lowest BCUT2D eigenvalue weighted by atomic mass is 9.98. The molecule has 0 saturated heterocycles. The fourth-order valence-corrected chi connectivity index (χ4v) is 1.97. The molecular weight excluding hydrogens is 329 g/mol. The second kappa shape index (κ2) is 6.23. The van der Waals surface area contributed by atoms with Crippen molar-refractivity contribution in [3.05, 3.63) is 64.2 Å². The Labute approximate surface area is 133 Å². The van der Waals surface area contributed by atoms with E-state index in [2.05, 4.69) is 11.3 Å². The lowest BCUT2D eigenvalue weighted by Gasteiger charge is -2.11. The van der Waals surface area contributed by atoms with Gasteiger partial charge in [-0.05, 0) is 24.6 Å². The number of halogens is 3. The number of ketones is 1. The van der Waals surface area contributed by atoms with Crippen molar-refractivity contribution in [3.63, 3.8) is 0 Å². The van der Waals surface area contributed by atoms with Crippen LogP contribution in [0, 0.1) is 6.92 Å². The van der Waals surface area contributed by atoms with Crippen molar-refractivity contribution in [3.8, 4) is 11.5 Å². The van der Waals surface area contributed by atoms with E-state index in [1.54, 1.807) is 0 Å². The third kappa shape index (κ3) is 3.83. The number of benzene rings is 1. The van der Waals surface area contributed by atoms with E-state index in [-0.39, 0.29) is 16.9 Å². The van der Waals surface area contributed by atoms with Gasteiger partial charge in [0, 0.05) is 11.6 Å². The number of carbonyl (C=O) groups is 1. The van der Waals surface area contributed by atoms with E-state index in [0.717, 1.165) is 18.2 Å². The number of ether oxygens (including phenoxy) is 1. The molecule has 126 valence electrons. The van der Waals surface area contributed by atoms with Gasteiger partial charge in [0.05, 0.1) is 0 Å². The first-order chi connectivity index (χ1) is 11.1. The summed E-state index contributed by atoms with van der Waals surface area (Å²) in [6.07, 6.45) is -4.89. The van der Waals surface area contributed by atoms with Crippen LogP contribution in [0.1, 0.15) is 21.7 Å². The topological polar surface area (TPSA) is 76.7 Å². The number of rotatable bonds is 4. The molecule has 0 radical (unpaired) electrons. The zero-order chi connectivity index (χ0) is 18.1. The van der Waals surface area contributed by atoms with Gasteiger partial charge >= 0.3 is 12.0 Å². The molecule has 0 unspecified atom stereocenters. The highest BCUT2D eigenvalue weighted by Gasteiger charge is 2.31. The molecule has 2 rings (SSSR count). The molecule has 0 fully saturated rings. The Morgan fingerprint density at radius 3 is 2.54 bits per heavy atom. The normalized spacial score (nSPS) is 11.2. The van der Waals surface area contributed by atoms with Gasteiger partial charge in [0.2, 0.25) is 5.78 Å². The van der Waals surface area contributed by atoms with Crippen LogP contribution in [0.5, 0.6) is 11.5 Å². The highest BCUT2D eigenvalue weighted by Crippen LogP contribution is 2.28. The third-order valence-corrected chi connectivity index (χ3v) is 2.97. The zero-order valence-electron chi connectivity index (χ0n) is 12.3. The molecule has 8 heteroatoms. The van der Waals surface area contributed by atoms with Gasteiger partial charge in [-0.3, -0.25) is 4.79 Å². The smallest absolute Gasteiger partial charge is 0.507 e. The Bertz CT molecular complexity index is 865. The molecule has 0 aliphatic rings. The summed E-state index contributed by atoms with van der Waals surface area (Å²) >= 11 is 0. The lowest BCUT2D eigenvalue weighted by molar-refractivity contribution is -0.274. The number of aryl methyl sites for hydroxylation is 1. The fourth-order valence-electron chi connectivity index (χ4n) is 1.97. The minimum Gasteiger partial charge on any atom is -0.507 e. The van der Waals surface area contributed by atoms with Gasteiger partial charge < -0.3 is 14.3 Å². The van der Waals surface area contributed by atoms with Gasteiger partial charge in [-0.25, -0.2) is 4.79 Å². The quantitative estimate of drug-likeness (QED) is 0.681. The highest BCUT2D eigenvalue weighted by molar-refractivity contribution is 6.29. The second-order valence-electron chi connectivity index (χ2n) is 4.79. The maximum atomic E-state index is 12.3. The van der Waals surface area contributed by atoms with Gasteiger partial charge in [0.1, 0.15) is 22.8 Å². The summed E-state index contributed by atoms with van der Waals surface area (Å²) in [7, 11) is 0. The average Bonchev–Trinajstić information content (AvgIpc) is 2.43. The first-order valence-corrected chi connectivity index (χ1v) is 6.52. The van der Waals surface area contributed by atoms with Crippen molar-refractivity contribution < 1.29 is 32.2 Å². The molecule has 0 aliphatic carbocycles. The highest BCUT2D eigenvalue weighted by atomic mass is 19.4. The number of carbonyl (C=O) groups excluding carboxylic acids is 1. The van der Waals surface area contributed by atoms with E-state index in [9.17, 15) is 27.9 Å². The molecular formula is C16H11F3O5. The molecule has 2 aromatic rings. The molecule has 1 heterocycles. The van der Waals surface area contributed by atoms with Gasteiger partial charge in [-0.15, -0.1) is 13.2 Å². The number of allylic oxidation sites excluding steroid dienone is 1. The van der Waals surface area contributed by atoms with E-state index < -0.39 is 34.8 Å². The van der Waals surface area contributed by atoms with Crippen molar-refractivity contribution in [2.24, 2.45) is 0 Å². The van der Waals surface area contributed by atoms with Crippen molar-refractivity contribution in [1.29, 1.82) is 0 Å². The monoisotopic (exact) mass is 340 g/mol. The Kier molecular flexibility index (Phi) is 4.50. The molecule has 1 aromatic heterocycles. The van der Waals surface area contributed by atoms with Crippen LogP contribution in [-0.4, -0.2) is 17.3 Å². The standard InChI is InChI=1S/C16H11F3O5/c1-8-6-12(20)13(15(22)23-8)14(21)9(2)10-4-3-5-11(7-10)24-16(17,18)19/h3-7,20H,2H2,1H3. The Morgan fingerprint density at radius 1 is 1.29 bits per heavy atom. The summed E-state index contributed by atoms with van der Waals surface area (Å²) in [6, 6.07) is 5.61. The first-order valence-electron chi connectivity index (χ1n) is 6.52. The van der Waals surface area contributed by atoms with Crippen molar-refractivity contribution >= 4 is 11.4 Å². The molecule has 5 nitrogen and oxygen atoms in total. The van der Waals surface area contributed by atoms with Crippen LogP contribution in [-0.2, 0) is 0 Å². The lowest BCUT2D eigenvalue weighted by Crippen LogP contribution is -2.17. The predicted molar refractivity (Wildman–Crippen MR) is 77.9 cm³/mol. The Balaban J connectivity index is 2.38. The SMILES string of the molecule is C=C(C(=O)c1c(O)cc(C)oc1=O)c1cccc(OC(F)(F)F)c1. The maximum absolute atomic E-state index is 12.3. The van der Waals surface area contributed by atoms with Gasteiger partial charge in [0.15, 0.2) is 0 Å². The first kappa shape index (κ1) is 17.3. The summed E-state index contributed by atoms with van der Waals surface area (Å²) in [5.41, 5.74) is -2.01. The van der Waals surface area contributed by atoms with Gasteiger partial charge in [0.25, 0.3) is 0 Å². The van der Waals surface area contributed by atoms with E-state index in [0.29, 0.717) is 0 Å². The van der Waals surface area contributed by atoms with E-state index >= 15 is 0 Å². The fraction of sp³-hybridized carbons (Fsp3) is 0.125. The number of hydrogen-bond donors (Lipinski definition) is 1.